The third-order valence-electron chi connectivity index (χ3n) is 3.40. The highest BCUT2D eigenvalue weighted by Crippen LogP contribution is 2.25. The number of aromatic nitrogens is 1. The maximum absolute atomic E-state index is 5.72. The smallest absolute Gasteiger partial charge is 0.122 e. The van der Waals surface area contributed by atoms with Crippen molar-refractivity contribution in [3.8, 4) is 5.75 Å². The summed E-state index contributed by atoms with van der Waals surface area (Å²) >= 11 is 0. The van der Waals surface area contributed by atoms with Crippen molar-refractivity contribution in [1.82, 2.24) is 10.4 Å². The van der Waals surface area contributed by atoms with E-state index in [0.717, 1.165) is 34.6 Å². The van der Waals surface area contributed by atoms with Crippen LogP contribution >= 0.6 is 0 Å². The van der Waals surface area contributed by atoms with Gasteiger partial charge in [0.05, 0.1) is 18.8 Å². The van der Waals surface area contributed by atoms with Crippen LogP contribution in [0.3, 0.4) is 0 Å². The van der Waals surface area contributed by atoms with Gasteiger partial charge in [-0.3, -0.25) is 16.3 Å². The molecule has 0 aliphatic rings. The van der Waals surface area contributed by atoms with Gasteiger partial charge in [0.2, 0.25) is 0 Å². The number of benzene rings is 1. The average Bonchev–Trinajstić information content (AvgIpc) is 2.46. The van der Waals surface area contributed by atoms with Crippen molar-refractivity contribution in [3.63, 3.8) is 0 Å². The van der Waals surface area contributed by atoms with Crippen molar-refractivity contribution >= 4 is 0 Å². The number of nitrogens with two attached hydrogens (primary N) is 1. The Morgan fingerprint density at radius 1 is 1.30 bits per heavy atom. The maximum atomic E-state index is 5.72. The van der Waals surface area contributed by atoms with Crippen molar-refractivity contribution in [2.75, 3.05) is 7.11 Å². The van der Waals surface area contributed by atoms with E-state index in [-0.39, 0.29) is 6.04 Å². The van der Waals surface area contributed by atoms with Crippen LogP contribution in [-0.4, -0.2) is 12.1 Å². The Morgan fingerprint density at radius 3 is 2.70 bits per heavy atom. The van der Waals surface area contributed by atoms with Gasteiger partial charge < -0.3 is 4.74 Å². The number of nitrogens with one attached hydrogen (secondary N) is 1. The Morgan fingerprint density at radius 2 is 2.05 bits per heavy atom. The summed E-state index contributed by atoms with van der Waals surface area (Å²) in [5.41, 5.74) is 7.24. The second-order valence-corrected chi connectivity index (χ2v) is 4.95. The van der Waals surface area contributed by atoms with Crippen LogP contribution in [0.4, 0.5) is 0 Å². The molecule has 1 heterocycles. The number of ether oxygens (including phenoxy) is 1. The normalized spacial score (nSPS) is 12.2. The summed E-state index contributed by atoms with van der Waals surface area (Å²) in [7, 11) is 1.68. The molecule has 0 amide bonds. The number of para-hydroxylation sites is 1. The Bertz CT molecular complexity index is 584. The van der Waals surface area contributed by atoms with Gasteiger partial charge in [0, 0.05) is 6.20 Å². The number of nitrogens with zero attached hydrogens (tertiary/aromatic N) is 1. The first-order chi connectivity index (χ1) is 9.65. The van der Waals surface area contributed by atoms with Gasteiger partial charge in [-0.2, -0.15) is 0 Å². The van der Waals surface area contributed by atoms with E-state index < -0.39 is 0 Å². The molecule has 0 spiro atoms. The molecule has 3 N–H and O–H groups in total. The number of hydrogen-bond donors (Lipinski definition) is 2. The minimum Gasteiger partial charge on any atom is -0.496 e. The zero-order chi connectivity index (χ0) is 14.5. The standard InChI is InChI=1S/C16H21N3O/c1-11-8-12(2)16(18-10-11)14(19-17)9-13-6-4-5-7-15(13)20-3/h4-8,10,14,19H,9,17H2,1-3H3. The molecule has 2 aromatic rings. The SMILES string of the molecule is COc1ccccc1CC(NN)c1ncc(C)cc1C. The number of pyridine rings is 1. The van der Waals surface area contributed by atoms with Crippen molar-refractivity contribution < 1.29 is 4.74 Å². The predicted octanol–water partition coefficient (Wildman–Crippen LogP) is 2.45. The minimum atomic E-state index is -0.0353. The molecule has 4 nitrogen and oxygen atoms in total. The van der Waals surface area contributed by atoms with Crippen molar-refractivity contribution in [2.24, 2.45) is 5.84 Å². The van der Waals surface area contributed by atoms with E-state index in [1.807, 2.05) is 37.4 Å². The van der Waals surface area contributed by atoms with Crippen LogP contribution in [0.1, 0.15) is 28.4 Å². The second kappa shape index (κ2) is 6.50. The molecular weight excluding hydrogens is 250 g/mol. The summed E-state index contributed by atoms with van der Waals surface area (Å²) in [5, 5.41) is 0. The first-order valence-electron chi connectivity index (χ1n) is 6.67. The van der Waals surface area contributed by atoms with Crippen LogP contribution < -0.4 is 16.0 Å². The summed E-state index contributed by atoms with van der Waals surface area (Å²) in [5.74, 6) is 6.59. The maximum Gasteiger partial charge on any atom is 0.122 e. The van der Waals surface area contributed by atoms with Gasteiger partial charge in [-0.25, -0.2) is 0 Å². The molecule has 0 aliphatic carbocycles. The molecule has 0 radical (unpaired) electrons. The number of methoxy groups -OCH3 is 1. The molecule has 0 fully saturated rings. The van der Waals surface area contributed by atoms with Gasteiger partial charge in [0.1, 0.15) is 5.75 Å². The van der Waals surface area contributed by atoms with E-state index in [9.17, 15) is 0 Å². The lowest BCUT2D eigenvalue weighted by molar-refractivity contribution is 0.405. The zero-order valence-corrected chi connectivity index (χ0v) is 12.2. The topological polar surface area (TPSA) is 60.2 Å². The third-order valence-corrected chi connectivity index (χ3v) is 3.40. The monoisotopic (exact) mass is 271 g/mol. The second-order valence-electron chi connectivity index (χ2n) is 4.95. The van der Waals surface area contributed by atoms with Crippen LogP contribution in [-0.2, 0) is 6.42 Å². The van der Waals surface area contributed by atoms with Crippen LogP contribution in [0.25, 0.3) is 0 Å². The minimum absolute atomic E-state index is 0.0353. The lowest BCUT2D eigenvalue weighted by Crippen LogP contribution is -2.31. The molecule has 0 bridgehead atoms. The number of rotatable bonds is 5. The zero-order valence-electron chi connectivity index (χ0n) is 12.2. The molecule has 4 heteroatoms. The fourth-order valence-corrected chi connectivity index (χ4v) is 2.42. The van der Waals surface area contributed by atoms with Crippen LogP contribution in [0.2, 0.25) is 0 Å². The van der Waals surface area contributed by atoms with E-state index in [0.29, 0.717) is 0 Å². The number of hydrogen-bond acceptors (Lipinski definition) is 4. The molecule has 1 aromatic carbocycles. The van der Waals surface area contributed by atoms with E-state index in [2.05, 4.69) is 23.4 Å². The number of aryl methyl sites for hydroxylation is 2. The van der Waals surface area contributed by atoms with Crippen LogP contribution in [0, 0.1) is 13.8 Å². The quantitative estimate of drug-likeness (QED) is 0.648. The number of hydrazine groups is 1. The summed E-state index contributed by atoms with van der Waals surface area (Å²) in [6.45, 7) is 4.09. The van der Waals surface area contributed by atoms with Crippen LogP contribution in [0.5, 0.6) is 5.75 Å². The fraction of sp³-hybridized carbons (Fsp3) is 0.312. The molecule has 0 saturated heterocycles. The van der Waals surface area contributed by atoms with Gasteiger partial charge in [0.25, 0.3) is 0 Å². The van der Waals surface area contributed by atoms with Crippen LogP contribution in [0.15, 0.2) is 36.5 Å². The third kappa shape index (κ3) is 3.15. The van der Waals surface area contributed by atoms with Crippen molar-refractivity contribution in [3.05, 3.63) is 58.9 Å². The molecule has 106 valence electrons. The molecule has 2 rings (SSSR count). The fourth-order valence-electron chi connectivity index (χ4n) is 2.42. The van der Waals surface area contributed by atoms with Crippen molar-refractivity contribution in [1.29, 1.82) is 0 Å². The molecular formula is C16H21N3O. The van der Waals surface area contributed by atoms with Gasteiger partial charge >= 0.3 is 0 Å². The Hall–Kier alpha value is -1.91. The molecule has 20 heavy (non-hydrogen) atoms. The summed E-state index contributed by atoms with van der Waals surface area (Å²) in [4.78, 5) is 4.52. The van der Waals surface area contributed by atoms with Gasteiger partial charge in [-0.15, -0.1) is 0 Å². The van der Waals surface area contributed by atoms with Gasteiger partial charge in [0.15, 0.2) is 0 Å². The molecule has 1 atom stereocenters. The first-order valence-corrected chi connectivity index (χ1v) is 6.67. The molecule has 0 saturated carbocycles. The molecule has 1 unspecified atom stereocenters. The van der Waals surface area contributed by atoms with E-state index >= 15 is 0 Å². The van der Waals surface area contributed by atoms with Crippen molar-refractivity contribution in [2.45, 2.75) is 26.3 Å². The lowest BCUT2D eigenvalue weighted by Gasteiger charge is -2.19. The van der Waals surface area contributed by atoms with Gasteiger partial charge in [-0.05, 0) is 43.0 Å². The first kappa shape index (κ1) is 14.5. The Balaban J connectivity index is 2.29. The summed E-state index contributed by atoms with van der Waals surface area (Å²) < 4.78 is 5.39. The van der Waals surface area contributed by atoms with Gasteiger partial charge in [-0.1, -0.05) is 24.3 Å². The largest absolute Gasteiger partial charge is 0.496 e. The summed E-state index contributed by atoms with van der Waals surface area (Å²) in [6, 6.07) is 10.1. The average molecular weight is 271 g/mol. The van der Waals surface area contributed by atoms with E-state index in [1.165, 1.54) is 0 Å². The highest BCUT2D eigenvalue weighted by atomic mass is 16.5. The molecule has 0 aliphatic heterocycles. The predicted molar refractivity (Wildman–Crippen MR) is 80.5 cm³/mol. The highest BCUT2D eigenvalue weighted by molar-refractivity contribution is 5.35. The molecule has 1 aromatic heterocycles. The Kier molecular flexibility index (Phi) is 4.71. The van der Waals surface area contributed by atoms with E-state index in [1.54, 1.807) is 7.11 Å². The summed E-state index contributed by atoms with van der Waals surface area (Å²) in [6.07, 6.45) is 2.60. The van der Waals surface area contributed by atoms with E-state index in [4.69, 9.17) is 10.6 Å². The lowest BCUT2D eigenvalue weighted by atomic mass is 9.99. The Labute approximate surface area is 120 Å². The highest BCUT2D eigenvalue weighted by Gasteiger charge is 2.16.